The molecule has 1 aromatic carbocycles. The number of aromatic nitrogens is 4. The molecule has 0 saturated carbocycles. The van der Waals surface area contributed by atoms with Crippen LogP contribution in [-0.2, 0) is 4.79 Å². The standard InChI is InChI=1S/C22H25Cl2N7O2/c1-13-20-21(29-22(26-13)31-8-6-15(7-9-31)30(2)3)25-11-18(28-20)27-19(32)12-33-17-5-4-14(23)10-16(17)24/h4-5,10-11,15H,6-9,12H2,1-3H3,(H,27,28,32). The zero-order valence-corrected chi connectivity index (χ0v) is 20.2. The highest BCUT2D eigenvalue weighted by atomic mass is 35.5. The largest absolute Gasteiger partial charge is 0.482 e. The Kier molecular flexibility index (Phi) is 7.11. The molecule has 0 spiro atoms. The molecule has 0 radical (unpaired) electrons. The maximum Gasteiger partial charge on any atom is 0.263 e. The lowest BCUT2D eigenvalue weighted by Gasteiger charge is -2.35. The topological polar surface area (TPSA) is 96.4 Å². The zero-order chi connectivity index (χ0) is 23.5. The smallest absolute Gasteiger partial charge is 0.263 e. The van der Waals surface area contributed by atoms with E-state index < -0.39 is 5.91 Å². The predicted molar refractivity (Wildman–Crippen MR) is 129 cm³/mol. The summed E-state index contributed by atoms with van der Waals surface area (Å²) >= 11 is 11.9. The summed E-state index contributed by atoms with van der Waals surface area (Å²) in [5.41, 5.74) is 1.74. The van der Waals surface area contributed by atoms with Gasteiger partial charge in [0.05, 0.1) is 16.9 Å². The predicted octanol–water partition coefficient (Wildman–Crippen LogP) is 3.58. The maximum absolute atomic E-state index is 12.3. The van der Waals surface area contributed by atoms with Gasteiger partial charge in [0.25, 0.3) is 5.91 Å². The second kappa shape index (κ2) is 10.0. The molecular formula is C22H25Cl2N7O2. The molecule has 2 aromatic heterocycles. The molecule has 1 N–H and O–H groups in total. The molecule has 3 aromatic rings. The van der Waals surface area contributed by atoms with Crippen LogP contribution in [0, 0.1) is 6.92 Å². The Morgan fingerprint density at radius 1 is 1.21 bits per heavy atom. The Morgan fingerprint density at radius 2 is 1.97 bits per heavy atom. The number of anilines is 2. The third-order valence-electron chi connectivity index (χ3n) is 5.57. The highest BCUT2D eigenvalue weighted by molar-refractivity contribution is 6.35. The van der Waals surface area contributed by atoms with Crippen LogP contribution in [-0.4, -0.2) is 70.6 Å². The van der Waals surface area contributed by atoms with Gasteiger partial charge in [-0.3, -0.25) is 4.79 Å². The second-order valence-corrected chi connectivity index (χ2v) is 8.97. The molecule has 1 amide bonds. The first kappa shape index (κ1) is 23.4. The summed E-state index contributed by atoms with van der Waals surface area (Å²) in [4.78, 5) is 34.9. The molecular weight excluding hydrogens is 465 g/mol. The van der Waals surface area contributed by atoms with E-state index >= 15 is 0 Å². The summed E-state index contributed by atoms with van der Waals surface area (Å²) in [6.07, 6.45) is 3.60. The monoisotopic (exact) mass is 489 g/mol. The van der Waals surface area contributed by atoms with E-state index in [4.69, 9.17) is 27.9 Å². The van der Waals surface area contributed by atoms with Crippen LogP contribution in [0.25, 0.3) is 11.2 Å². The van der Waals surface area contributed by atoms with Crippen LogP contribution in [0.1, 0.15) is 18.5 Å². The second-order valence-electron chi connectivity index (χ2n) is 8.13. The van der Waals surface area contributed by atoms with Crippen LogP contribution in [0.3, 0.4) is 0 Å². The van der Waals surface area contributed by atoms with E-state index in [9.17, 15) is 4.79 Å². The zero-order valence-electron chi connectivity index (χ0n) is 18.7. The number of hydrogen-bond acceptors (Lipinski definition) is 8. The van der Waals surface area contributed by atoms with E-state index in [1.807, 2.05) is 6.92 Å². The lowest BCUT2D eigenvalue weighted by molar-refractivity contribution is -0.118. The number of benzene rings is 1. The Labute approximate surface area is 202 Å². The van der Waals surface area contributed by atoms with Gasteiger partial charge >= 0.3 is 0 Å². The minimum absolute atomic E-state index is 0.238. The molecule has 11 heteroatoms. The lowest BCUT2D eigenvalue weighted by atomic mass is 10.0. The summed E-state index contributed by atoms with van der Waals surface area (Å²) in [7, 11) is 4.23. The van der Waals surface area contributed by atoms with Gasteiger partial charge in [-0.1, -0.05) is 23.2 Å². The van der Waals surface area contributed by atoms with Gasteiger partial charge in [-0.05, 0) is 52.1 Å². The van der Waals surface area contributed by atoms with Gasteiger partial charge in [-0.2, -0.15) is 4.98 Å². The number of fused-ring (bicyclic) bond motifs is 1. The van der Waals surface area contributed by atoms with Crippen molar-refractivity contribution in [3.63, 3.8) is 0 Å². The number of nitrogens with zero attached hydrogens (tertiary/aromatic N) is 6. The summed E-state index contributed by atoms with van der Waals surface area (Å²) in [6.45, 7) is 3.42. The maximum atomic E-state index is 12.3. The Bertz CT molecular complexity index is 1170. The van der Waals surface area contributed by atoms with Crippen molar-refractivity contribution in [2.75, 3.05) is 44.0 Å². The van der Waals surface area contributed by atoms with Crippen molar-refractivity contribution in [1.82, 2.24) is 24.8 Å². The summed E-state index contributed by atoms with van der Waals surface area (Å²) < 4.78 is 5.46. The number of aryl methyl sites for hydroxylation is 1. The third-order valence-corrected chi connectivity index (χ3v) is 6.10. The number of carbonyl (C=O) groups is 1. The molecule has 1 saturated heterocycles. The van der Waals surface area contributed by atoms with E-state index in [0.29, 0.717) is 50.5 Å². The number of amides is 1. The van der Waals surface area contributed by atoms with Crippen molar-refractivity contribution >= 4 is 52.0 Å². The molecule has 0 aliphatic carbocycles. The van der Waals surface area contributed by atoms with Crippen molar-refractivity contribution in [1.29, 1.82) is 0 Å². The molecule has 0 atom stereocenters. The van der Waals surface area contributed by atoms with Crippen LogP contribution < -0.4 is 15.0 Å². The molecule has 0 bridgehead atoms. The van der Waals surface area contributed by atoms with Gasteiger partial charge in [0.1, 0.15) is 11.3 Å². The van der Waals surface area contributed by atoms with Crippen molar-refractivity contribution in [2.24, 2.45) is 0 Å². The van der Waals surface area contributed by atoms with Gasteiger partial charge in [0.15, 0.2) is 18.1 Å². The normalized spacial score (nSPS) is 14.7. The molecule has 4 rings (SSSR count). The highest BCUT2D eigenvalue weighted by Gasteiger charge is 2.23. The van der Waals surface area contributed by atoms with Crippen LogP contribution >= 0.6 is 23.2 Å². The number of ether oxygens (including phenoxy) is 1. The van der Waals surface area contributed by atoms with E-state index in [1.165, 1.54) is 6.20 Å². The number of nitrogens with one attached hydrogen (secondary N) is 1. The van der Waals surface area contributed by atoms with E-state index in [1.54, 1.807) is 18.2 Å². The summed E-state index contributed by atoms with van der Waals surface area (Å²) in [5, 5.41) is 3.50. The molecule has 1 aliphatic rings. The summed E-state index contributed by atoms with van der Waals surface area (Å²) in [6, 6.07) is 5.37. The summed E-state index contributed by atoms with van der Waals surface area (Å²) in [5.74, 6) is 0.932. The van der Waals surface area contributed by atoms with E-state index in [-0.39, 0.29) is 6.61 Å². The fourth-order valence-corrected chi connectivity index (χ4v) is 4.19. The van der Waals surface area contributed by atoms with E-state index in [2.05, 4.69) is 49.1 Å². The first-order valence-electron chi connectivity index (χ1n) is 10.6. The average molecular weight is 490 g/mol. The van der Waals surface area contributed by atoms with Crippen molar-refractivity contribution in [3.05, 3.63) is 40.1 Å². The van der Waals surface area contributed by atoms with Gasteiger partial charge < -0.3 is 19.9 Å². The van der Waals surface area contributed by atoms with Crippen LogP contribution in [0.4, 0.5) is 11.8 Å². The Hall–Kier alpha value is -2.75. The molecule has 3 heterocycles. The van der Waals surface area contributed by atoms with E-state index in [0.717, 1.165) is 25.9 Å². The SMILES string of the molecule is Cc1nc(N2CCC(N(C)C)CC2)nc2ncc(NC(=O)COc3ccc(Cl)cc3Cl)nc12. The minimum atomic E-state index is -0.395. The van der Waals surface area contributed by atoms with Crippen molar-refractivity contribution in [3.8, 4) is 5.75 Å². The van der Waals surface area contributed by atoms with Crippen LogP contribution in [0.5, 0.6) is 5.75 Å². The number of rotatable bonds is 6. The minimum Gasteiger partial charge on any atom is -0.482 e. The molecule has 174 valence electrons. The highest BCUT2D eigenvalue weighted by Crippen LogP contribution is 2.27. The molecule has 1 fully saturated rings. The van der Waals surface area contributed by atoms with Gasteiger partial charge in [-0.15, -0.1) is 0 Å². The van der Waals surface area contributed by atoms with Gasteiger partial charge in [0.2, 0.25) is 5.95 Å². The number of piperidine rings is 1. The van der Waals surface area contributed by atoms with Gasteiger partial charge in [0, 0.05) is 24.2 Å². The van der Waals surface area contributed by atoms with Gasteiger partial charge in [-0.25, -0.2) is 15.0 Å². The first-order chi connectivity index (χ1) is 15.8. The Morgan fingerprint density at radius 3 is 2.67 bits per heavy atom. The molecule has 0 unspecified atom stereocenters. The number of carbonyl (C=O) groups excluding carboxylic acids is 1. The third kappa shape index (κ3) is 5.61. The lowest BCUT2D eigenvalue weighted by Crippen LogP contribution is -2.42. The fraction of sp³-hybridized carbons (Fsp3) is 0.409. The van der Waals surface area contributed by atoms with Crippen LogP contribution in [0.2, 0.25) is 10.0 Å². The first-order valence-corrected chi connectivity index (χ1v) is 11.4. The number of hydrogen-bond donors (Lipinski definition) is 1. The fourth-order valence-electron chi connectivity index (χ4n) is 3.73. The number of halogens is 2. The average Bonchev–Trinajstić information content (AvgIpc) is 2.79. The van der Waals surface area contributed by atoms with Crippen LogP contribution in [0.15, 0.2) is 24.4 Å². The molecule has 1 aliphatic heterocycles. The van der Waals surface area contributed by atoms with Crippen molar-refractivity contribution < 1.29 is 9.53 Å². The Balaban J connectivity index is 1.42. The van der Waals surface area contributed by atoms with Crippen molar-refractivity contribution in [2.45, 2.75) is 25.8 Å². The quantitative estimate of drug-likeness (QED) is 0.560. The molecule has 33 heavy (non-hydrogen) atoms. The molecule has 9 nitrogen and oxygen atoms in total.